The second-order valence-corrected chi connectivity index (χ2v) is 10.1. The normalized spacial score (nSPS) is 18.5. The minimum Gasteiger partial charge on any atom is -0.466 e. The van der Waals surface area contributed by atoms with Crippen LogP contribution in [0, 0.1) is 11.8 Å². The molecule has 0 unspecified atom stereocenters. The van der Waals surface area contributed by atoms with Crippen molar-refractivity contribution >= 4 is 18.2 Å². The summed E-state index contributed by atoms with van der Waals surface area (Å²) in [6.45, 7) is 15.9. The number of esters is 1. The molecule has 36 heavy (non-hydrogen) atoms. The summed E-state index contributed by atoms with van der Waals surface area (Å²) in [5.74, 6) is -0.595. The van der Waals surface area contributed by atoms with Crippen molar-refractivity contribution in [3.63, 3.8) is 0 Å². The number of nitrogens with zero attached hydrogens (tertiary/aromatic N) is 2. The number of ether oxygens (including phenoxy) is 3. The van der Waals surface area contributed by atoms with Crippen LogP contribution in [0.2, 0.25) is 0 Å². The predicted octanol–water partition coefficient (Wildman–Crippen LogP) is 5.19. The van der Waals surface area contributed by atoms with Gasteiger partial charge >= 0.3 is 18.2 Å². The maximum absolute atomic E-state index is 13.1. The van der Waals surface area contributed by atoms with Crippen molar-refractivity contribution in [2.45, 2.75) is 58.8 Å². The van der Waals surface area contributed by atoms with E-state index >= 15 is 0 Å². The van der Waals surface area contributed by atoms with Crippen LogP contribution in [0.15, 0.2) is 55.6 Å². The van der Waals surface area contributed by atoms with E-state index in [9.17, 15) is 14.4 Å². The number of carbonyl (C=O) groups is 3. The Morgan fingerprint density at radius 1 is 1.11 bits per heavy atom. The fourth-order valence-corrected chi connectivity index (χ4v) is 4.39. The highest BCUT2D eigenvalue weighted by Crippen LogP contribution is 2.31. The standard InChI is InChI=1S/C28H40N2O6/c1-7-12-25(30(15-8-2)27(33)36-28(4,5)6)24-16-23(20-34-21(3)31)17-29(18-24)26(32)35-19-22-13-10-9-11-14-22/h7-11,13-14,23-25H,1-2,12,15-20H2,3-6H3/t23-,24+,25-/m0/s1. The van der Waals surface area contributed by atoms with Gasteiger partial charge in [-0.2, -0.15) is 0 Å². The first kappa shape index (κ1) is 28.9. The molecule has 1 aromatic carbocycles. The highest BCUT2D eigenvalue weighted by molar-refractivity contribution is 5.69. The van der Waals surface area contributed by atoms with E-state index in [0.717, 1.165) is 5.56 Å². The Balaban J connectivity index is 2.26. The molecule has 8 heteroatoms. The van der Waals surface area contributed by atoms with Crippen molar-refractivity contribution in [1.82, 2.24) is 9.80 Å². The summed E-state index contributed by atoms with van der Waals surface area (Å²) in [4.78, 5) is 40.9. The Morgan fingerprint density at radius 2 is 1.81 bits per heavy atom. The van der Waals surface area contributed by atoms with Crippen LogP contribution in [0.25, 0.3) is 0 Å². The van der Waals surface area contributed by atoms with Gasteiger partial charge < -0.3 is 24.0 Å². The maximum atomic E-state index is 13.1. The Morgan fingerprint density at radius 3 is 2.39 bits per heavy atom. The number of amides is 2. The van der Waals surface area contributed by atoms with Crippen LogP contribution in [-0.4, -0.2) is 65.8 Å². The zero-order valence-corrected chi connectivity index (χ0v) is 22.0. The van der Waals surface area contributed by atoms with Crippen molar-refractivity contribution in [3.8, 4) is 0 Å². The highest BCUT2D eigenvalue weighted by atomic mass is 16.6. The molecule has 1 aliphatic heterocycles. The molecule has 1 aromatic rings. The summed E-state index contributed by atoms with van der Waals surface area (Å²) in [6.07, 6.45) is 3.69. The molecule has 8 nitrogen and oxygen atoms in total. The zero-order valence-electron chi connectivity index (χ0n) is 22.0. The number of carbonyl (C=O) groups excluding carboxylic acids is 3. The molecule has 2 rings (SSSR count). The lowest BCUT2D eigenvalue weighted by Crippen LogP contribution is -2.54. The van der Waals surface area contributed by atoms with Crippen molar-refractivity contribution < 1.29 is 28.6 Å². The van der Waals surface area contributed by atoms with Gasteiger partial charge in [-0.15, -0.1) is 13.2 Å². The van der Waals surface area contributed by atoms with Gasteiger partial charge in [-0.3, -0.25) is 4.79 Å². The number of rotatable bonds is 10. The summed E-state index contributed by atoms with van der Waals surface area (Å²) >= 11 is 0. The van der Waals surface area contributed by atoms with E-state index < -0.39 is 17.8 Å². The molecule has 0 N–H and O–H groups in total. The van der Waals surface area contributed by atoms with E-state index in [0.29, 0.717) is 25.9 Å². The summed E-state index contributed by atoms with van der Waals surface area (Å²) < 4.78 is 16.5. The van der Waals surface area contributed by atoms with Crippen LogP contribution in [0.5, 0.6) is 0 Å². The van der Waals surface area contributed by atoms with Crippen LogP contribution in [0.3, 0.4) is 0 Å². The van der Waals surface area contributed by atoms with Gasteiger partial charge in [-0.1, -0.05) is 42.5 Å². The lowest BCUT2D eigenvalue weighted by molar-refractivity contribution is -0.143. The fraction of sp³-hybridized carbons (Fsp3) is 0.536. The third-order valence-corrected chi connectivity index (χ3v) is 5.86. The number of likely N-dealkylation sites (tertiary alicyclic amines) is 1. The maximum Gasteiger partial charge on any atom is 0.410 e. The molecule has 0 radical (unpaired) electrons. The van der Waals surface area contributed by atoms with E-state index in [1.54, 1.807) is 22.0 Å². The van der Waals surface area contributed by atoms with E-state index in [4.69, 9.17) is 14.2 Å². The molecule has 2 amide bonds. The predicted molar refractivity (Wildman–Crippen MR) is 138 cm³/mol. The van der Waals surface area contributed by atoms with Crippen molar-refractivity contribution in [1.29, 1.82) is 0 Å². The van der Waals surface area contributed by atoms with Gasteiger partial charge in [0.25, 0.3) is 0 Å². The molecule has 1 heterocycles. The molecule has 1 fully saturated rings. The number of benzene rings is 1. The van der Waals surface area contributed by atoms with Gasteiger partial charge in [0.05, 0.1) is 6.61 Å². The molecule has 1 saturated heterocycles. The largest absolute Gasteiger partial charge is 0.466 e. The second kappa shape index (κ2) is 13.7. The smallest absolute Gasteiger partial charge is 0.410 e. The van der Waals surface area contributed by atoms with Crippen molar-refractivity contribution in [3.05, 3.63) is 61.2 Å². The van der Waals surface area contributed by atoms with Gasteiger partial charge in [0.15, 0.2) is 0 Å². The minimum absolute atomic E-state index is 0.103. The third kappa shape index (κ3) is 9.40. The van der Waals surface area contributed by atoms with Gasteiger partial charge in [0.2, 0.25) is 0 Å². The van der Waals surface area contributed by atoms with Gasteiger partial charge in [-0.25, -0.2) is 9.59 Å². The number of hydrogen-bond donors (Lipinski definition) is 0. The molecule has 1 aliphatic rings. The Labute approximate surface area is 214 Å². The quantitative estimate of drug-likeness (QED) is 0.250. The number of hydrogen-bond acceptors (Lipinski definition) is 6. The first-order valence-electron chi connectivity index (χ1n) is 12.3. The van der Waals surface area contributed by atoms with Crippen LogP contribution in [0.1, 0.15) is 46.1 Å². The first-order valence-corrected chi connectivity index (χ1v) is 12.3. The second-order valence-electron chi connectivity index (χ2n) is 10.1. The molecule has 0 spiro atoms. The molecular weight excluding hydrogens is 460 g/mol. The lowest BCUT2D eigenvalue weighted by atomic mass is 9.82. The average Bonchev–Trinajstić information content (AvgIpc) is 2.82. The molecule has 198 valence electrons. The van der Waals surface area contributed by atoms with E-state index in [2.05, 4.69) is 13.2 Å². The summed E-state index contributed by atoms with van der Waals surface area (Å²) in [6, 6.07) is 9.17. The number of piperidine rings is 1. The fourth-order valence-electron chi connectivity index (χ4n) is 4.39. The minimum atomic E-state index is -0.660. The van der Waals surface area contributed by atoms with E-state index in [1.165, 1.54) is 6.92 Å². The van der Waals surface area contributed by atoms with Crippen LogP contribution in [-0.2, 0) is 25.6 Å². The monoisotopic (exact) mass is 500 g/mol. The van der Waals surface area contributed by atoms with Gasteiger partial charge in [0.1, 0.15) is 12.2 Å². The topological polar surface area (TPSA) is 85.4 Å². The molecule has 3 atom stereocenters. The van der Waals surface area contributed by atoms with E-state index in [1.807, 2.05) is 51.1 Å². The van der Waals surface area contributed by atoms with Crippen molar-refractivity contribution in [2.24, 2.45) is 11.8 Å². The Hall–Kier alpha value is -3.29. The van der Waals surface area contributed by atoms with Crippen molar-refractivity contribution in [2.75, 3.05) is 26.2 Å². The third-order valence-electron chi connectivity index (χ3n) is 5.86. The summed E-state index contributed by atoms with van der Waals surface area (Å²) in [5, 5.41) is 0. The zero-order chi connectivity index (χ0) is 26.7. The van der Waals surface area contributed by atoms with E-state index in [-0.39, 0.29) is 43.6 Å². The van der Waals surface area contributed by atoms with Crippen LogP contribution < -0.4 is 0 Å². The SMILES string of the molecule is C=CC[C@@H]([C@@H]1C[C@H](COC(C)=O)CN(C(=O)OCc2ccccc2)C1)N(CC=C)C(=O)OC(C)(C)C. The Kier molecular flexibility index (Phi) is 11.0. The summed E-state index contributed by atoms with van der Waals surface area (Å²) in [5.41, 5.74) is 0.231. The van der Waals surface area contributed by atoms with Gasteiger partial charge in [0, 0.05) is 38.5 Å². The average molecular weight is 501 g/mol. The molecule has 0 bridgehead atoms. The lowest BCUT2D eigenvalue weighted by Gasteiger charge is -2.43. The van der Waals surface area contributed by atoms with Crippen LogP contribution >= 0.6 is 0 Å². The summed E-state index contributed by atoms with van der Waals surface area (Å²) in [7, 11) is 0. The van der Waals surface area contributed by atoms with Crippen LogP contribution in [0.4, 0.5) is 9.59 Å². The first-order chi connectivity index (χ1) is 17.0. The highest BCUT2D eigenvalue weighted by Gasteiger charge is 2.39. The molecular formula is C28H40N2O6. The Bertz CT molecular complexity index is 895. The molecule has 0 saturated carbocycles. The molecule has 0 aliphatic carbocycles. The molecule has 0 aromatic heterocycles. The van der Waals surface area contributed by atoms with Gasteiger partial charge in [-0.05, 0) is 45.1 Å².